The molecule has 0 atom stereocenters. The fourth-order valence-corrected chi connectivity index (χ4v) is 2.30. The number of hydrogen-bond donors (Lipinski definition) is 2. The van der Waals surface area contributed by atoms with Gasteiger partial charge in [-0.3, -0.25) is 4.68 Å². The summed E-state index contributed by atoms with van der Waals surface area (Å²) in [6, 6.07) is 4.35. The van der Waals surface area contributed by atoms with Crippen molar-refractivity contribution in [3.05, 3.63) is 47.7 Å². The lowest BCUT2D eigenvalue weighted by molar-refractivity contribution is 0.145. The smallest absolute Gasteiger partial charge is 0.267 e. The number of alkyl halides is 2. The zero-order chi connectivity index (χ0) is 18.0. The first-order valence-corrected chi connectivity index (χ1v) is 7.25. The van der Waals surface area contributed by atoms with Crippen LogP contribution < -0.4 is 11.1 Å². The van der Waals surface area contributed by atoms with Gasteiger partial charge in [0.2, 0.25) is 5.95 Å². The minimum absolute atomic E-state index is 0. The number of benzene rings is 1. The Kier molecular flexibility index (Phi) is 6.11. The van der Waals surface area contributed by atoms with Gasteiger partial charge in [-0.25, -0.2) is 23.1 Å². The molecule has 0 fully saturated rings. The molecule has 7 nitrogen and oxygen atoms in total. The van der Waals surface area contributed by atoms with Crippen molar-refractivity contribution in [2.45, 2.75) is 13.0 Å². The van der Waals surface area contributed by atoms with Gasteiger partial charge in [-0.15, -0.1) is 12.4 Å². The Labute approximate surface area is 152 Å². The predicted molar refractivity (Wildman–Crippen MR) is 91.8 cm³/mol. The average molecular weight is 386 g/mol. The van der Waals surface area contributed by atoms with E-state index in [4.69, 9.17) is 5.73 Å². The summed E-state index contributed by atoms with van der Waals surface area (Å²) in [5.74, 6) is -0.569. The number of nitrogens with zero attached hydrogens (tertiary/aromatic N) is 5. The summed E-state index contributed by atoms with van der Waals surface area (Å²) in [5.41, 5.74) is 4.55. The Morgan fingerprint density at radius 1 is 1.23 bits per heavy atom. The highest BCUT2D eigenvalue weighted by atomic mass is 35.5. The second-order valence-corrected chi connectivity index (χ2v) is 5.14. The molecule has 0 bridgehead atoms. The fraction of sp³-hybridized carbons (Fsp3) is 0.200. The van der Waals surface area contributed by atoms with Gasteiger partial charge < -0.3 is 11.1 Å². The number of nitrogens with two attached hydrogens (primary N) is 1. The zero-order valence-electron chi connectivity index (χ0n) is 13.5. The summed E-state index contributed by atoms with van der Waals surface area (Å²) in [6.07, 6.45) is -0.123. The van der Waals surface area contributed by atoms with Gasteiger partial charge in [0.25, 0.3) is 6.43 Å². The molecule has 0 aliphatic heterocycles. The van der Waals surface area contributed by atoms with Crippen LogP contribution in [0.3, 0.4) is 0 Å². The molecule has 2 heterocycles. The minimum Gasteiger partial charge on any atom is -0.326 e. The maximum atomic E-state index is 14.5. The summed E-state index contributed by atoms with van der Waals surface area (Å²) in [7, 11) is 1.74. The Morgan fingerprint density at radius 3 is 2.62 bits per heavy atom. The van der Waals surface area contributed by atoms with Crippen molar-refractivity contribution in [2.24, 2.45) is 12.8 Å². The number of halogens is 4. The standard InChI is InChI=1S/C15H14F3N7.ClH/c1-25-5-4-10(24-25)22-15-21-7-20-14(23-15)9-3-2-8(6-19)11(12(9)16)13(17)18;/h2-5,7,13H,6,19H2,1H3,(H,20,21,22,23,24);1H. The lowest BCUT2D eigenvalue weighted by Gasteiger charge is -2.12. The molecule has 0 aliphatic rings. The monoisotopic (exact) mass is 385 g/mol. The van der Waals surface area contributed by atoms with E-state index in [1.165, 1.54) is 12.1 Å². The fourth-order valence-electron chi connectivity index (χ4n) is 2.30. The first-order valence-electron chi connectivity index (χ1n) is 7.25. The van der Waals surface area contributed by atoms with Crippen molar-refractivity contribution in [2.75, 3.05) is 5.32 Å². The Hall–Kier alpha value is -2.72. The number of nitrogens with one attached hydrogen (secondary N) is 1. The highest BCUT2D eigenvalue weighted by Crippen LogP contribution is 2.31. The Morgan fingerprint density at radius 2 is 2.00 bits per heavy atom. The van der Waals surface area contributed by atoms with Gasteiger partial charge in [-0.1, -0.05) is 6.07 Å². The third-order valence-corrected chi connectivity index (χ3v) is 3.47. The molecule has 138 valence electrons. The van der Waals surface area contributed by atoms with Crippen LogP contribution in [0.25, 0.3) is 11.4 Å². The predicted octanol–water partition coefficient (Wildman–Crippen LogP) is 2.97. The van der Waals surface area contributed by atoms with E-state index in [0.29, 0.717) is 5.82 Å². The van der Waals surface area contributed by atoms with E-state index < -0.39 is 17.8 Å². The van der Waals surface area contributed by atoms with Crippen molar-refractivity contribution >= 4 is 24.2 Å². The van der Waals surface area contributed by atoms with Crippen molar-refractivity contribution in [3.8, 4) is 11.4 Å². The van der Waals surface area contributed by atoms with Crippen LogP contribution in [0.2, 0.25) is 0 Å². The molecule has 3 aromatic rings. The van der Waals surface area contributed by atoms with E-state index in [9.17, 15) is 13.2 Å². The lowest BCUT2D eigenvalue weighted by atomic mass is 10.0. The molecule has 2 aromatic heterocycles. The highest BCUT2D eigenvalue weighted by Gasteiger charge is 2.22. The largest absolute Gasteiger partial charge is 0.326 e. The van der Waals surface area contributed by atoms with Crippen LogP contribution in [0.1, 0.15) is 17.6 Å². The molecule has 0 saturated carbocycles. The number of anilines is 2. The van der Waals surface area contributed by atoms with Crippen molar-refractivity contribution < 1.29 is 13.2 Å². The molecular formula is C15H15ClF3N7. The van der Waals surface area contributed by atoms with Gasteiger partial charge in [0, 0.05) is 25.9 Å². The summed E-state index contributed by atoms with van der Waals surface area (Å²) < 4.78 is 42.5. The molecule has 0 spiro atoms. The van der Waals surface area contributed by atoms with Gasteiger partial charge >= 0.3 is 0 Å². The van der Waals surface area contributed by atoms with Crippen molar-refractivity contribution in [3.63, 3.8) is 0 Å². The van der Waals surface area contributed by atoms with E-state index in [1.807, 2.05) is 0 Å². The number of aromatic nitrogens is 5. The molecule has 0 aliphatic carbocycles. The third-order valence-electron chi connectivity index (χ3n) is 3.47. The Balaban J connectivity index is 0.00000243. The quantitative estimate of drug-likeness (QED) is 0.701. The van der Waals surface area contributed by atoms with Crippen LogP contribution in [0, 0.1) is 5.82 Å². The first kappa shape index (κ1) is 19.6. The van der Waals surface area contributed by atoms with Crippen LogP contribution in [0.15, 0.2) is 30.7 Å². The van der Waals surface area contributed by atoms with Gasteiger partial charge in [0.1, 0.15) is 12.1 Å². The zero-order valence-corrected chi connectivity index (χ0v) is 14.3. The molecule has 0 unspecified atom stereocenters. The summed E-state index contributed by atoms with van der Waals surface area (Å²) in [6.45, 7) is -0.194. The van der Waals surface area contributed by atoms with Crippen molar-refractivity contribution in [1.82, 2.24) is 24.7 Å². The lowest BCUT2D eigenvalue weighted by Crippen LogP contribution is -2.07. The normalized spacial score (nSPS) is 10.7. The van der Waals surface area contributed by atoms with E-state index in [0.717, 1.165) is 6.33 Å². The summed E-state index contributed by atoms with van der Waals surface area (Å²) in [4.78, 5) is 11.9. The van der Waals surface area contributed by atoms with Crippen molar-refractivity contribution in [1.29, 1.82) is 0 Å². The number of rotatable bonds is 5. The minimum atomic E-state index is -2.99. The average Bonchev–Trinajstić information content (AvgIpc) is 2.99. The Bertz CT molecular complexity index is 901. The maximum Gasteiger partial charge on any atom is 0.267 e. The molecule has 0 radical (unpaired) electrons. The second kappa shape index (κ2) is 8.11. The summed E-state index contributed by atoms with van der Waals surface area (Å²) in [5, 5.41) is 6.93. The van der Waals surface area contributed by atoms with E-state index in [-0.39, 0.29) is 41.9 Å². The van der Waals surface area contributed by atoms with Gasteiger partial charge in [-0.2, -0.15) is 10.1 Å². The topological polar surface area (TPSA) is 94.5 Å². The van der Waals surface area contributed by atoms with E-state index >= 15 is 0 Å². The maximum absolute atomic E-state index is 14.5. The molecule has 26 heavy (non-hydrogen) atoms. The van der Waals surface area contributed by atoms with Gasteiger partial charge in [0.05, 0.1) is 11.1 Å². The molecule has 1 aromatic carbocycles. The van der Waals surface area contributed by atoms with Crippen LogP contribution in [0.5, 0.6) is 0 Å². The van der Waals surface area contributed by atoms with E-state index in [1.54, 1.807) is 24.0 Å². The van der Waals surface area contributed by atoms with Crippen LogP contribution in [-0.2, 0) is 13.6 Å². The molecule has 0 amide bonds. The third kappa shape index (κ3) is 3.92. The SMILES string of the molecule is Cl.Cn1ccc(Nc2ncnc(-c3ccc(CN)c(C(F)F)c3F)n2)n1. The highest BCUT2D eigenvalue weighted by molar-refractivity contribution is 5.85. The van der Waals surface area contributed by atoms with Gasteiger partial charge in [-0.05, 0) is 11.6 Å². The first-order chi connectivity index (χ1) is 12.0. The molecular weight excluding hydrogens is 371 g/mol. The summed E-state index contributed by atoms with van der Waals surface area (Å²) >= 11 is 0. The molecule has 0 saturated heterocycles. The van der Waals surface area contributed by atoms with Gasteiger partial charge in [0.15, 0.2) is 11.6 Å². The second-order valence-electron chi connectivity index (χ2n) is 5.14. The van der Waals surface area contributed by atoms with Crippen LogP contribution >= 0.6 is 12.4 Å². The number of aryl methyl sites for hydroxylation is 1. The molecule has 3 N–H and O–H groups in total. The molecule has 11 heteroatoms. The number of hydrogen-bond acceptors (Lipinski definition) is 6. The van der Waals surface area contributed by atoms with E-state index in [2.05, 4.69) is 25.4 Å². The van der Waals surface area contributed by atoms with Crippen LogP contribution in [0.4, 0.5) is 24.9 Å². The molecule has 3 rings (SSSR count). The van der Waals surface area contributed by atoms with Crippen LogP contribution in [-0.4, -0.2) is 24.7 Å².